The average Bonchev–Trinajstić information content (AvgIpc) is 2.94. The summed E-state index contributed by atoms with van der Waals surface area (Å²) in [5, 5.41) is 14.4. The fourth-order valence-corrected chi connectivity index (χ4v) is 1.77. The number of rotatable bonds is 6. The predicted molar refractivity (Wildman–Crippen MR) is 70.3 cm³/mol. The van der Waals surface area contributed by atoms with Gasteiger partial charge in [0.2, 0.25) is 0 Å². The van der Waals surface area contributed by atoms with Crippen LogP contribution in [0.5, 0.6) is 5.75 Å². The normalized spacial score (nSPS) is 10.3. The predicted octanol–water partition coefficient (Wildman–Crippen LogP) is 2.97. The number of hydrogen-bond donors (Lipinski definition) is 2. The molecule has 0 atom stereocenters. The van der Waals surface area contributed by atoms with Gasteiger partial charge in [-0.25, -0.2) is 5.26 Å². The SMILES string of the molecule is COc1cccc(NC(=O)c2ccc(SOOO)o2)c1. The molecule has 2 aromatic rings. The van der Waals surface area contributed by atoms with Crippen LogP contribution in [0, 0.1) is 0 Å². The van der Waals surface area contributed by atoms with E-state index in [0.717, 1.165) is 0 Å². The molecule has 0 saturated carbocycles. The van der Waals surface area contributed by atoms with Crippen molar-refractivity contribution in [3.8, 4) is 5.75 Å². The highest BCUT2D eigenvalue weighted by Gasteiger charge is 2.12. The van der Waals surface area contributed by atoms with E-state index in [1.165, 1.54) is 12.1 Å². The van der Waals surface area contributed by atoms with Crippen LogP contribution in [-0.4, -0.2) is 18.3 Å². The molecule has 1 aromatic carbocycles. The van der Waals surface area contributed by atoms with Crippen LogP contribution in [0.1, 0.15) is 10.6 Å². The molecule has 7 nitrogen and oxygen atoms in total. The Bertz CT molecular complexity index is 585. The van der Waals surface area contributed by atoms with Crippen molar-refractivity contribution in [2.24, 2.45) is 0 Å². The maximum Gasteiger partial charge on any atom is 0.291 e. The summed E-state index contributed by atoms with van der Waals surface area (Å²) < 4.78 is 14.4. The number of amides is 1. The van der Waals surface area contributed by atoms with E-state index < -0.39 is 5.91 Å². The van der Waals surface area contributed by atoms with Gasteiger partial charge in [0.15, 0.2) is 10.9 Å². The first kappa shape index (κ1) is 14.4. The fraction of sp³-hybridized carbons (Fsp3) is 0.0833. The standard InChI is InChI=1S/C12H11NO6S/c1-16-9-4-2-3-8(7-9)13-12(14)10-5-6-11(17-10)20-19-18-15/h2-7,15H,1H3,(H,13,14). The molecule has 0 unspecified atom stereocenters. The minimum absolute atomic E-state index is 0.0943. The van der Waals surface area contributed by atoms with Gasteiger partial charge in [-0.05, 0) is 24.3 Å². The third-order valence-corrected chi connectivity index (χ3v) is 2.79. The molecule has 1 aromatic heterocycles. The lowest BCUT2D eigenvalue weighted by molar-refractivity contribution is -0.432. The monoisotopic (exact) mass is 297 g/mol. The van der Waals surface area contributed by atoms with Crippen molar-refractivity contribution in [3.05, 3.63) is 42.2 Å². The van der Waals surface area contributed by atoms with Crippen LogP contribution in [-0.2, 0) is 9.37 Å². The Balaban J connectivity index is 2.02. The molecule has 8 heteroatoms. The van der Waals surface area contributed by atoms with Gasteiger partial charge >= 0.3 is 0 Å². The van der Waals surface area contributed by atoms with Crippen molar-refractivity contribution in [2.75, 3.05) is 12.4 Å². The Morgan fingerprint density at radius 1 is 1.35 bits per heavy atom. The lowest BCUT2D eigenvalue weighted by Crippen LogP contribution is -2.10. The van der Waals surface area contributed by atoms with Crippen LogP contribution in [0.25, 0.3) is 0 Å². The summed E-state index contributed by atoms with van der Waals surface area (Å²) in [6.07, 6.45) is 0. The van der Waals surface area contributed by atoms with Gasteiger partial charge in [0, 0.05) is 11.8 Å². The van der Waals surface area contributed by atoms with Crippen molar-refractivity contribution in [1.29, 1.82) is 0 Å². The van der Waals surface area contributed by atoms with Crippen molar-refractivity contribution >= 4 is 23.6 Å². The molecule has 106 valence electrons. The topological polar surface area (TPSA) is 90.2 Å². The first-order valence-electron chi connectivity index (χ1n) is 5.43. The molecule has 0 aliphatic carbocycles. The largest absolute Gasteiger partial charge is 0.497 e. The molecule has 0 bridgehead atoms. The van der Waals surface area contributed by atoms with Gasteiger partial charge in [-0.1, -0.05) is 11.1 Å². The molecule has 1 amide bonds. The summed E-state index contributed by atoms with van der Waals surface area (Å²) in [6, 6.07) is 9.90. The third kappa shape index (κ3) is 3.75. The summed E-state index contributed by atoms with van der Waals surface area (Å²) >= 11 is 0.632. The second-order valence-corrected chi connectivity index (χ2v) is 4.24. The highest BCUT2D eigenvalue weighted by molar-refractivity contribution is 7.94. The Labute approximate surface area is 118 Å². The number of carbonyl (C=O) groups excluding carboxylic acids is 1. The molecule has 0 aliphatic rings. The van der Waals surface area contributed by atoms with E-state index in [1.54, 1.807) is 31.4 Å². The zero-order chi connectivity index (χ0) is 14.4. The van der Waals surface area contributed by atoms with Crippen LogP contribution in [0.3, 0.4) is 0 Å². The quantitative estimate of drug-likeness (QED) is 0.481. The molecule has 0 radical (unpaired) electrons. The maximum absolute atomic E-state index is 11.9. The number of nitrogens with one attached hydrogen (secondary N) is 1. The van der Waals surface area contributed by atoms with Crippen LogP contribution in [0.15, 0.2) is 45.9 Å². The molecular formula is C12H11NO6S. The molecule has 20 heavy (non-hydrogen) atoms. The van der Waals surface area contributed by atoms with Gasteiger partial charge in [0.1, 0.15) is 17.8 Å². The number of anilines is 1. The molecule has 2 N–H and O–H groups in total. The van der Waals surface area contributed by atoms with Crippen molar-refractivity contribution in [1.82, 2.24) is 0 Å². The number of carbonyl (C=O) groups is 1. The summed E-state index contributed by atoms with van der Waals surface area (Å²) in [4.78, 5) is 11.9. The van der Waals surface area contributed by atoms with Gasteiger partial charge in [-0.2, -0.15) is 0 Å². The zero-order valence-corrected chi connectivity index (χ0v) is 11.2. The van der Waals surface area contributed by atoms with Gasteiger partial charge in [-0.15, -0.1) is 4.33 Å². The van der Waals surface area contributed by atoms with Gasteiger partial charge in [-0.3, -0.25) is 4.79 Å². The second-order valence-electron chi connectivity index (χ2n) is 3.53. The second kappa shape index (κ2) is 6.96. The van der Waals surface area contributed by atoms with E-state index in [-0.39, 0.29) is 10.9 Å². The molecule has 0 spiro atoms. The maximum atomic E-state index is 11.9. The average molecular weight is 297 g/mol. The summed E-state index contributed by atoms with van der Waals surface area (Å²) in [5.41, 5.74) is 0.579. The van der Waals surface area contributed by atoms with Crippen molar-refractivity contribution < 1.29 is 28.6 Å². The van der Waals surface area contributed by atoms with Crippen molar-refractivity contribution in [2.45, 2.75) is 5.09 Å². The van der Waals surface area contributed by atoms with Gasteiger partial charge in [0.05, 0.1) is 7.11 Å². The number of ether oxygens (including phenoxy) is 1. The van der Waals surface area contributed by atoms with E-state index in [4.69, 9.17) is 14.4 Å². The molecule has 1 heterocycles. The number of methoxy groups -OCH3 is 1. The first-order chi connectivity index (χ1) is 9.72. The van der Waals surface area contributed by atoms with E-state index in [2.05, 4.69) is 14.7 Å². The van der Waals surface area contributed by atoms with E-state index >= 15 is 0 Å². The van der Waals surface area contributed by atoms with Crippen molar-refractivity contribution in [3.63, 3.8) is 0 Å². The third-order valence-electron chi connectivity index (χ3n) is 2.28. The van der Waals surface area contributed by atoms with E-state index in [0.29, 0.717) is 23.5 Å². The first-order valence-corrected chi connectivity index (χ1v) is 6.17. The molecule has 0 saturated heterocycles. The molecule has 0 fully saturated rings. The number of hydrogen-bond acceptors (Lipinski definition) is 7. The Morgan fingerprint density at radius 2 is 2.20 bits per heavy atom. The highest BCUT2D eigenvalue weighted by Crippen LogP contribution is 2.23. The molecular weight excluding hydrogens is 286 g/mol. The Morgan fingerprint density at radius 3 is 2.95 bits per heavy atom. The van der Waals surface area contributed by atoms with Crippen LogP contribution >= 0.6 is 12.0 Å². The van der Waals surface area contributed by atoms with Crippen LogP contribution in [0.2, 0.25) is 0 Å². The van der Waals surface area contributed by atoms with Gasteiger partial charge in [0.25, 0.3) is 5.91 Å². The summed E-state index contributed by atoms with van der Waals surface area (Å²) in [5.74, 6) is 0.305. The Kier molecular flexibility index (Phi) is 5.02. The van der Waals surface area contributed by atoms with E-state index in [9.17, 15) is 4.79 Å². The highest BCUT2D eigenvalue weighted by atomic mass is 32.2. The summed E-state index contributed by atoms with van der Waals surface area (Å²) in [7, 11) is 1.54. The number of benzene rings is 1. The Hall–Kier alpha value is -2.00. The minimum atomic E-state index is -0.421. The zero-order valence-electron chi connectivity index (χ0n) is 10.4. The fourth-order valence-electron chi connectivity index (χ4n) is 1.43. The lowest BCUT2D eigenvalue weighted by atomic mass is 10.3. The molecule has 2 rings (SSSR count). The minimum Gasteiger partial charge on any atom is -0.497 e. The number of furan rings is 1. The van der Waals surface area contributed by atoms with Crippen LogP contribution < -0.4 is 10.1 Å². The smallest absolute Gasteiger partial charge is 0.291 e. The lowest BCUT2D eigenvalue weighted by Gasteiger charge is -2.05. The van der Waals surface area contributed by atoms with Gasteiger partial charge < -0.3 is 14.5 Å². The molecule has 0 aliphatic heterocycles. The van der Waals surface area contributed by atoms with Crippen LogP contribution in [0.4, 0.5) is 5.69 Å². The summed E-state index contributed by atoms with van der Waals surface area (Å²) in [6.45, 7) is 0. The van der Waals surface area contributed by atoms with E-state index in [1.807, 2.05) is 0 Å².